The van der Waals surface area contributed by atoms with Crippen molar-refractivity contribution in [1.82, 2.24) is 0 Å². The molecule has 1 aliphatic rings. The molecule has 2 rings (SSSR count). The Morgan fingerprint density at radius 3 is 2.24 bits per heavy atom. The highest BCUT2D eigenvalue weighted by Crippen LogP contribution is 2.50. The lowest BCUT2D eigenvalue weighted by molar-refractivity contribution is -0.137. The first-order chi connectivity index (χ1) is 16.9. The number of hydrogen-bond donors (Lipinski definition) is 0. The quantitative estimate of drug-likeness (QED) is 0.0640. The second-order valence-corrected chi connectivity index (χ2v) is 30.3. The number of methoxy groups -OCH3 is 1. The van der Waals surface area contributed by atoms with Crippen LogP contribution in [0.1, 0.15) is 38.3 Å². The van der Waals surface area contributed by atoms with Gasteiger partial charge in [0, 0.05) is 5.20 Å². The standard InChI is InChI=1S/C26H40INO6Si3/c1-12-31-25(29)21(16-28)20-15-26(3,4)22-14-24(23(30-5)13-19(20)22)32-17-18(2)37(11,33-35(6,7)8)34-36(9,10)27/h13-14H,2,12,15,17H2,1,3-11H3/b21-20+. The molecular formula is C26H40INO6Si3. The maximum atomic E-state index is 12.5. The summed E-state index contributed by atoms with van der Waals surface area (Å²) in [5.41, 5.74) is 2.17. The Labute approximate surface area is 237 Å². The van der Waals surface area contributed by atoms with Crippen LogP contribution < -0.4 is 9.47 Å². The van der Waals surface area contributed by atoms with E-state index in [0.717, 1.165) is 16.3 Å². The zero-order valence-electron chi connectivity index (χ0n) is 23.8. The number of carbonyl (C=O) groups is 1. The van der Waals surface area contributed by atoms with Crippen LogP contribution in [0.5, 0.6) is 11.5 Å². The fourth-order valence-corrected chi connectivity index (χ4v) is 18.6. The number of benzene rings is 1. The molecule has 0 amide bonds. The van der Waals surface area contributed by atoms with E-state index in [-0.39, 0.29) is 24.2 Å². The van der Waals surface area contributed by atoms with E-state index in [2.05, 4.69) is 87.6 Å². The number of carbonyl (C=O) groups excluding carboxylic acids is 1. The topological polar surface area (TPSA) is 87.0 Å². The van der Waals surface area contributed by atoms with Gasteiger partial charge in [0.25, 0.3) is 0 Å². The van der Waals surface area contributed by atoms with Crippen LogP contribution >= 0.6 is 21.8 Å². The lowest BCUT2D eigenvalue weighted by Crippen LogP contribution is -2.54. The third-order valence-electron chi connectivity index (χ3n) is 5.85. The van der Waals surface area contributed by atoms with Crippen molar-refractivity contribution in [2.75, 3.05) is 20.3 Å². The average molecular weight is 674 g/mol. The normalized spacial score (nSPS) is 17.8. The third kappa shape index (κ3) is 8.03. The van der Waals surface area contributed by atoms with Gasteiger partial charge in [-0.3, -0.25) is 0 Å². The molecule has 0 radical (unpaired) electrons. The maximum absolute atomic E-state index is 12.5. The summed E-state index contributed by atoms with van der Waals surface area (Å²) in [6.07, 6.45) is 0.529. The van der Waals surface area contributed by atoms with E-state index >= 15 is 0 Å². The largest absolute Gasteiger partial charge is 0.493 e. The van der Waals surface area contributed by atoms with Gasteiger partial charge >= 0.3 is 14.5 Å². The van der Waals surface area contributed by atoms with Gasteiger partial charge in [0.2, 0.25) is 5.81 Å². The molecule has 0 aliphatic heterocycles. The van der Waals surface area contributed by atoms with E-state index < -0.39 is 28.7 Å². The number of nitrogens with zero attached hydrogens (tertiary/aromatic N) is 1. The lowest BCUT2D eigenvalue weighted by Gasteiger charge is -2.38. The lowest BCUT2D eigenvalue weighted by atomic mass is 9.86. The predicted octanol–water partition coefficient (Wildman–Crippen LogP) is 6.77. The van der Waals surface area contributed by atoms with Crippen molar-refractivity contribution >= 4 is 56.0 Å². The van der Waals surface area contributed by atoms with Crippen molar-refractivity contribution in [1.29, 1.82) is 5.26 Å². The third-order valence-corrected chi connectivity index (χ3v) is 16.8. The Morgan fingerprint density at radius 2 is 1.76 bits per heavy atom. The Morgan fingerprint density at radius 1 is 1.14 bits per heavy atom. The van der Waals surface area contributed by atoms with E-state index in [4.69, 9.17) is 22.4 Å². The van der Waals surface area contributed by atoms with Crippen LogP contribution in [0, 0.1) is 11.3 Å². The molecule has 0 saturated carbocycles. The molecule has 0 heterocycles. The molecular weight excluding hydrogens is 633 g/mol. The molecule has 204 valence electrons. The summed E-state index contributed by atoms with van der Waals surface area (Å²) in [7, 11) is -3.08. The van der Waals surface area contributed by atoms with Crippen LogP contribution in [0.25, 0.3) is 5.57 Å². The second-order valence-electron chi connectivity index (χ2n) is 11.3. The molecule has 11 heteroatoms. The first kappa shape index (κ1) is 31.8. The van der Waals surface area contributed by atoms with Gasteiger partial charge in [-0.05, 0) is 86.9 Å². The summed E-state index contributed by atoms with van der Waals surface area (Å²) in [4.78, 5) is 12.5. The molecule has 0 spiro atoms. The van der Waals surface area contributed by atoms with E-state index in [9.17, 15) is 10.1 Å². The van der Waals surface area contributed by atoms with Gasteiger partial charge in [-0.25, -0.2) is 4.79 Å². The monoisotopic (exact) mass is 673 g/mol. The number of ether oxygens (including phenoxy) is 3. The minimum Gasteiger partial charge on any atom is -0.493 e. The van der Waals surface area contributed by atoms with Gasteiger partial charge in [0.05, 0.1) is 13.7 Å². The molecule has 1 unspecified atom stereocenters. The fraction of sp³-hybridized carbons (Fsp3) is 0.538. The number of rotatable bonds is 11. The zero-order chi connectivity index (χ0) is 28.4. The van der Waals surface area contributed by atoms with Gasteiger partial charge < -0.3 is 22.4 Å². The Hall–Kier alpha value is -1.44. The van der Waals surface area contributed by atoms with Crippen LogP contribution in [-0.2, 0) is 23.2 Å². The number of halogens is 1. The predicted molar refractivity (Wildman–Crippen MR) is 163 cm³/mol. The van der Waals surface area contributed by atoms with Crippen molar-refractivity contribution in [2.45, 2.75) is 71.9 Å². The van der Waals surface area contributed by atoms with Crippen LogP contribution in [0.2, 0.25) is 39.3 Å². The first-order valence-electron chi connectivity index (χ1n) is 12.3. The molecule has 0 aromatic heterocycles. The number of nitriles is 1. The van der Waals surface area contributed by atoms with E-state index in [0.29, 0.717) is 23.5 Å². The number of hydrogen-bond acceptors (Lipinski definition) is 7. The average Bonchev–Trinajstić information content (AvgIpc) is 2.99. The van der Waals surface area contributed by atoms with Gasteiger partial charge in [-0.2, -0.15) is 5.26 Å². The molecule has 1 aliphatic carbocycles. The molecule has 0 saturated heterocycles. The van der Waals surface area contributed by atoms with Gasteiger partial charge in [0.15, 0.2) is 19.8 Å². The smallest absolute Gasteiger partial charge is 0.349 e. The fourth-order valence-electron chi connectivity index (χ4n) is 4.45. The maximum Gasteiger partial charge on any atom is 0.349 e. The van der Waals surface area contributed by atoms with Gasteiger partial charge in [-0.1, -0.05) is 42.2 Å². The molecule has 1 atom stereocenters. The second kappa shape index (κ2) is 11.7. The molecule has 7 nitrogen and oxygen atoms in total. The minimum atomic E-state index is -2.74. The molecule has 1 aromatic carbocycles. The molecule has 0 N–H and O–H groups in total. The summed E-state index contributed by atoms with van der Waals surface area (Å²) in [6.45, 7) is 23.5. The van der Waals surface area contributed by atoms with E-state index in [1.807, 2.05) is 12.1 Å². The molecule has 0 fully saturated rings. The van der Waals surface area contributed by atoms with Crippen molar-refractivity contribution in [3.63, 3.8) is 0 Å². The zero-order valence-corrected chi connectivity index (χ0v) is 28.9. The molecule has 1 aromatic rings. The Balaban J connectivity index is 2.47. The molecule has 0 bridgehead atoms. The highest BCUT2D eigenvalue weighted by atomic mass is 127. The number of esters is 1. The van der Waals surface area contributed by atoms with Crippen molar-refractivity contribution in [2.24, 2.45) is 0 Å². The van der Waals surface area contributed by atoms with Crippen LogP contribution in [0.3, 0.4) is 0 Å². The van der Waals surface area contributed by atoms with Crippen LogP contribution in [0.4, 0.5) is 0 Å². The van der Waals surface area contributed by atoms with E-state index in [1.54, 1.807) is 14.0 Å². The van der Waals surface area contributed by atoms with E-state index in [1.165, 1.54) is 0 Å². The SMILES string of the molecule is C=C(COc1cc2c(cc1OC)/C(=C(\C#N)C(=O)OCC)CC2(C)C)[Si](C)(O[Si](C)(C)C)O[Si](C)(C)I. The van der Waals surface area contributed by atoms with Crippen molar-refractivity contribution in [3.8, 4) is 17.6 Å². The van der Waals surface area contributed by atoms with Crippen molar-refractivity contribution in [3.05, 3.63) is 40.6 Å². The highest BCUT2D eigenvalue weighted by Gasteiger charge is 2.44. The van der Waals surface area contributed by atoms with Crippen LogP contribution in [-0.4, -0.2) is 49.0 Å². The summed E-state index contributed by atoms with van der Waals surface area (Å²) in [5, 5.41) is 10.6. The Kier molecular flexibility index (Phi) is 10.1. The number of fused-ring (bicyclic) bond motifs is 1. The van der Waals surface area contributed by atoms with Crippen LogP contribution in [0.15, 0.2) is 29.5 Å². The van der Waals surface area contributed by atoms with Gasteiger partial charge in [0.1, 0.15) is 18.2 Å². The molecule has 37 heavy (non-hydrogen) atoms. The minimum absolute atomic E-state index is 0.0331. The van der Waals surface area contributed by atoms with Crippen molar-refractivity contribution < 1.29 is 27.2 Å². The Bertz CT molecular complexity index is 1110. The summed E-state index contributed by atoms with van der Waals surface area (Å²) in [6, 6.07) is 5.85. The summed E-state index contributed by atoms with van der Waals surface area (Å²) < 4.78 is 30.3. The summed E-state index contributed by atoms with van der Waals surface area (Å²) >= 11 is 2.41. The first-order valence-corrected chi connectivity index (χ1v) is 24.1. The van der Waals surface area contributed by atoms with Gasteiger partial charge in [-0.15, -0.1) is 0 Å². The number of allylic oxidation sites excluding steroid dienone is 1. The highest BCUT2D eigenvalue weighted by molar-refractivity contribution is 14.1. The summed E-state index contributed by atoms with van der Waals surface area (Å²) in [5.74, 6) is -1.45.